The van der Waals surface area contributed by atoms with Crippen LogP contribution in [0.25, 0.3) is 10.9 Å². The first-order chi connectivity index (χ1) is 14.1. The number of hydrogen-bond acceptors (Lipinski definition) is 6. The summed E-state index contributed by atoms with van der Waals surface area (Å²) < 4.78 is 10.9. The van der Waals surface area contributed by atoms with E-state index in [2.05, 4.69) is 10.3 Å². The molecule has 3 aromatic rings. The number of nitrogens with zero attached hydrogens (tertiary/aromatic N) is 1. The lowest BCUT2D eigenvalue weighted by Gasteiger charge is -2.09. The van der Waals surface area contributed by atoms with Crippen molar-refractivity contribution in [2.24, 2.45) is 4.99 Å². The Morgan fingerprint density at radius 2 is 1.97 bits per heavy atom. The number of H-pyrrole nitrogens is 1. The van der Waals surface area contributed by atoms with Gasteiger partial charge in [0.25, 0.3) is 0 Å². The minimum Gasteiger partial charge on any atom is -0.494 e. The van der Waals surface area contributed by atoms with Crippen LogP contribution in [0.3, 0.4) is 0 Å². The zero-order valence-corrected chi connectivity index (χ0v) is 16.4. The highest BCUT2D eigenvalue weighted by Crippen LogP contribution is 2.36. The van der Waals surface area contributed by atoms with Gasteiger partial charge in [-0.1, -0.05) is 0 Å². The summed E-state index contributed by atoms with van der Waals surface area (Å²) in [6, 6.07) is 10.9. The number of rotatable bonds is 7. The Kier molecular flexibility index (Phi) is 5.22. The maximum Gasteiger partial charge on any atom is 0.231 e. The van der Waals surface area contributed by atoms with Gasteiger partial charge < -0.3 is 24.9 Å². The topological polar surface area (TPSA) is 95.9 Å². The highest BCUT2D eigenvalue weighted by atomic mass is 16.7. The molecule has 0 aliphatic carbocycles. The number of hydrogen-bond donors (Lipinski definition) is 3. The highest BCUT2D eigenvalue weighted by molar-refractivity contribution is 6.21. The summed E-state index contributed by atoms with van der Waals surface area (Å²) in [4.78, 5) is 19.7. The zero-order chi connectivity index (χ0) is 20.4. The van der Waals surface area contributed by atoms with Crippen molar-refractivity contribution in [3.8, 4) is 17.4 Å². The SMILES string of the molecule is CNCCCN=C(c1ccc2c(c1)OCO2)c1c(O)[nH]c2ccc(C(C)=O)cc12. The fourth-order valence-electron chi connectivity index (χ4n) is 3.44. The predicted molar refractivity (Wildman–Crippen MR) is 112 cm³/mol. The molecule has 0 radical (unpaired) electrons. The fourth-order valence-corrected chi connectivity index (χ4v) is 3.44. The van der Waals surface area contributed by atoms with Crippen molar-refractivity contribution < 1.29 is 19.4 Å². The van der Waals surface area contributed by atoms with Crippen LogP contribution in [0.1, 0.15) is 34.8 Å². The van der Waals surface area contributed by atoms with E-state index in [1.54, 1.807) is 18.2 Å². The first-order valence-electron chi connectivity index (χ1n) is 9.53. The number of nitrogens with one attached hydrogen (secondary N) is 2. The summed E-state index contributed by atoms with van der Waals surface area (Å²) in [5, 5.41) is 14.6. The molecule has 1 aliphatic heterocycles. The van der Waals surface area contributed by atoms with Crippen LogP contribution in [0, 0.1) is 0 Å². The molecule has 2 heterocycles. The third-order valence-electron chi connectivity index (χ3n) is 4.92. The Bertz CT molecular complexity index is 1100. The van der Waals surface area contributed by atoms with Gasteiger partial charge in [-0.2, -0.15) is 0 Å². The molecule has 7 nitrogen and oxygen atoms in total. The van der Waals surface area contributed by atoms with E-state index in [9.17, 15) is 9.90 Å². The maximum atomic E-state index is 11.9. The number of aliphatic imine (C=N–C) groups is 1. The molecule has 2 aromatic carbocycles. The smallest absolute Gasteiger partial charge is 0.231 e. The van der Waals surface area contributed by atoms with Crippen molar-refractivity contribution in [3.63, 3.8) is 0 Å². The minimum atomic E-state index is -0.0332. The predicted octanol–water partition coefficient (Wildman–Crippen LogP) is 3.25. The van der Waals surface area contributed by atoms with Gasteiger partial charge in [-0.3, -0.25) is 9.79 Å². The van der Waals surface area contributed by atoms with Crippen molar-refractivity contribution in [1.82, 2.24) is 10.3 Å². The lowest BCUT2D eigenvalue weighted by Crippen LogP contribution is -2.10. The van der Waals surface area contributed by atoms with Gasteiger partial charge in [-0.25, -0.2) is 0 Å². The molecule has 0 bridgehead atoms. The number of fused-ring (bicyclic) bond motifs is 2. The van der Waals surface area contributed by atoms with Gasteiger partial charge in [0.15, 0.2) is 23.2 Å². The Hall–Kier alpha value is -3.32. The number of carbonyl (C=O) groups is 1. The quantitative estimate of drug-likeness (QED) is 0.325. The van der Waals surface area contributed by atoms with E-state index >= 15 is 0 Å². The summed E-state index contributed by atoms with van der Waals surface area (Å²) in [5.74, 6) is 1.32. The van der Waals surface area contributed by atoms with Gasteiger partial charge in [-0.15, -0.1) is 0 Å². The molecule has 0 amide bonds. The molecule has 7 heteroatoms. The standard InChI is InChI=1S/C22H23N3O4/c1-13(26)14-4-6-17-16(10-14)20(22(27)25-17)21(24-9-3-8-23-2)15-5-7-18-19(11-15)29-12-28-18/h4-7,10-11,23,25,27H,3,8-9,12H2,1-2H3. The zero-order valence-electron chi connectivity index (χ0n) is 16.4. The molecule has 0 atom stereocenters. The number of Topliss-reactive ketones (excluding diaryl/α,β-unsaturated/α-hetero) is 1. The first kappa shape index (κ1) is 19.0. The molecule has 4 rings (SSSR count). The molecule has 1 aliphatic rings. The van der Waals surface area contributed by atoms with Crippen LogP contribution in [0.15, 0.2) is 41.4 Å². The van der Waals surface area contributed by atoms with Gasteiger partial charge in [0.1, 0.15) is 0 Å². The van der Waals surface area contributed by atoms with E-state index in [0.29, 0.717) is 34.9 Å². The molecular weight excluding hydrogens is 370 g/mol. The summed E-state index contributed by atoms with van der Waals surface area (Å²) in [6.07, 6.45) is 0.854. The number of benzene rings is 2. The number of carbonyl (C=O) groups excluding carboxylic acids is 1. The summed E-state index contributed by atoms with van der Waals surface area (Å²) in [7, 11) is 1.90. The average molecular weight is 393 g/mol. The van der Waals surface area contributed by atoms with Crippen LogP contribution >= 0.6 is 0 Å². The molecule has 0 fully saturated rings. The van der Waals surface area contributed by atoms with Crippen LogP contribution in [0.4, 0.5) is 0 Å². The van der Waals surface area contributed by atoms with Crippen molar-refractivity contribution in [2.75, 3.05) is 26.9 Å². The van der Waals surface area contributed by atoms with E-state index in [1.165, 1.54) is 6.92 Å². The second kappa shape index (κ2) is 7.97. The van der Waals surface area contributed by atoms with Crippen molar-refractivity contribution in [2.45, 2.75) is 13.3 Å². The van der Waals surface area contributed by atoms with Crippen LogP contribution in [-0.4, -0.2) is 48.5 Å². The Labute approximate surface area is 168 Å². The molecule has 0 saturated carbocycles. The number of aromatic amines is 1. The number of ether oxygens (including phenoxy) is 2. The third-order valence-corrected chi connectivity index (χ3v) is 4.92. The minimum absolute atomic E-state index is 0.0192. The third kappa shape index (κ3) is 3.69. The Morgan fingerprint density at radius 3 is 2.76 bits per heavy atom. The molecule has 0 spiro atoms. The normalized spacial score (nSPS) is 13.2. The second-order valence-electron chi connectivity index (χ2n) is 6.92. The maximum absolute atomic E-state index is 11.9. The monoisotopic (exact) mass is 393 g/mol. The van der Waals surface area contributed by atoms with Crippen molar-refractivity contribution >= 4 is 22.4 Å². The lowest BCUT2D eigenvalue weighted by molar-refractivity contribution is 0.101. The van der Waals surface area contributed by atoms with Crippen LogP contribution in [-0.2, 0) is 0 Å². The molecule has 3 N–H and O–H groups in total. The lowest BCUT2D eigenvalue weighted by atomic mass is 9.98. The van der Waals surface area contributed by atoms with Crippen molar-refractivity contribution in [1.29, 1.82) is 0 Å². The summed E-state index contributed by atoms with van der Waals surface area (Å²) in [6.45, 7) is 3.14. The van der Waals surface area contributed by atoms with Crippen LogP contribution < -0.4 is 14.8 Å². The van der Waals surface area contributed by atoms with E-state index < -0.39 is 0 Å². The Balaban J connectivity index is 1.86. The van der Waals surface area contributed by atoms with Crippen LogP contribution in [0.2, 0.25) is 0 Å². The first-order valence-corrected chi connectivity index (χ1v) is 9.53. The molecule has 150 valence electrons. The van der Waals surface area contributed by atoms with Crippen molar-refractivity contribution in [3.05, 3.63) is 53.1 Å². The number of aromatic nitrogens is 1. The van der Waals surface area contributed by atoms with Gasteiger partial charge in [0.2, 0.25) is 6.79 Å². The van der Waals surface area contributed by atoms with Gasteiger partial charge >= 0.3 is 0 Å². The van der Waals surface area contributed by atoms with Crippen LogP contribution in [0.5, 0.6) is 17.4 Å². The van der Waals surface area contributed by atoms with E-state index in [0.717, 1.165) is 29.4 Å². The van der Waals surface area contributed by atoms with Gasteiger partial charge in [0.05, 0.1) is 11.3 Å². The fraction of sp³-hybridized carbons (Fsp3) is 0.273. The molecule has 1 aromatic heterocycles. The van der Waals surface area contributed by atoms with E-state index in [-0.39, 0.29) is 18.5 Å². The summed E-state index contributed by atoms with van der Waals surface area (Å²) >= 11 is 0. The van der Waals surface area contributed by atoms with Gasteiger partial charge in [-0.05, 0) is 63.3 Å². The summed E-state index contributed by atoms with van der Waals surface area (Å²) in [5.41, 5.74) is 3.35. The largest absolute Gasteiger partial charge is 0.494 e. The van der Waals surface area contributed by atoms with E-state index in [1.807, 2.05) is 25.2 Å². The second-order valence-corrected chi connectivity index (χ2v) is 6.92. The average Bonchev–Trinajstić information content (AvgIpc) is 3.30. The molecule has 0 unspecified atom stereocenters. The van der Waals surface area contributed by atoms with Gasteiger partial charge in [0, 0.05) is 28.6 Å². The molecular formula is C22H23N3O4. The number of aromatic hydroxyl groups is 1. The molecule has 29 heavy (non-hydrogen) atoms. The Morgan fingerprint density at radius 1 is 1.17 bits per heavy atom. The molecule has 0 saturated heterocycles. The number of ketones is 1. The van der Waals surface area contributed by atoms with E-state index in [4.69, 9.17) is 14.5 Å². The highest BCUT2D eigenvalue weighted by Gasteiger charge is 2.22.